The van der Waals surface area contributed by atoms with Crippen molar-refractivity contribution in [3.05, 3.63) is 46.8 Å². The molecule has 0 radical (unpaired) electrons. The maximum atomic E-state index is 13.1. The number of ether oxygens (including phenoxy) is 5. The summed E-state index contributed by atoms with van der Waals surface area (Å²) in [6, 6.07) is 6.54. The Kier molecular flexibility index (Phi) is 4.80. The summed E-state index contributed by atoms with van der Waals surface area (Å²) in [5.74, 6) is -0.776. The van der Waals surface area contributed by atoms with Gasteiger partial charge in [0.2, 0.25) is 11.2 Å². The van der Waals surface area contributed by atoms with Gasteiger partial charge < -0.3 is 23.7 Å². The zero-order valence-electron chi connectivity index (χ0n) is 15.6. The van der Waals surface area contributed by atoms with E-state index in [2.05, 4.69) is 6.58 Å². The highest BCUT2D eigenvalue weighted by Crippen LogP contribution is 2.49. The van der Waals surface area contributed by atoms with Crippen molar-refractivity contribution in [1.82, 2.24) is 0 Å². The largest absolute Gasteiger partial charge is 0.459 e. The molecule has 0 bridgehead atoms. The van der Waals surface area contributed by atoms with Crippen LogP contribution in [0.3, 0.4) is 0 Å². The van der Waals surface area contributed by atoms with E-state index < -0.39 is 17.2 Å². The Hall–Kier alpha value is -3.06. The molecule has 7 nitrogen and oxygen atoms in total. The number of methoxy groups -OCH3 is 1. The zero-order valence-corrected chi connectivity index (χ0v) is 15.6. The fourth-order valence-electron chi connectivity index (χ4n) is 2.91. The quantitative estimate of drug-likeness (QED) is 0.453. The maximum absolute atomic E-state index is 13.1. The summed E-state index contributed by atoms with van der Waals surface area (Å²) < 4.78 is 27.6. The number of carbonyl (C=O) groups is 1. The maximum Gasteiger partial charge on any atom is 0.308 e. The van der Waals surface area contributed by atoms with E-state index in [4.69, 9.17) is 23.7 Å². The summed E-state index contributed by atoms with van der Waals surface area (Å²) in [4.78, 5) is 24.8. The van der Waals surface area contributed by atoms with Crippen LogP contribution in [0.25, 0.3) is 10.8 Å². The highest BCUT2D eigenvalue weighted by Gasteiger charge is 2.40. The van der Waals surface area contributed by atoms with Gasteiger partial charge in [0, 0.05) is 21.0 Å². The van der Waals surface area contributed by atoms with E-state index in [-0.39, 0.29) is 29.2 Å². The lowest BCUT2D eigenvalue weighted by molar-refractivity contribution is -0.132. The van der Waals surface area contributed by atoms with Crippen molar-refractivity contribution in [2.24, 2.45) is 0 Å². The van der Waals surface area contributed by atoms with Crippen LogP contribution in [0.15, 0.2) is 41.4 Å². The Balaban J connectivity index is 2.32. The van der Waals surface area contributed by atoms with E-state index in [1.165, 1.54) is 20.1 Å². The van der Waals surface area contributed by atoms with Gasteiger partial charge in [-0.3, -0.25) is 9.59 Å². The summed E-state index contributed by atoms with van der Waals surface area (Å²) in [5.41, 5.74) is -0.457. The number of hydrogen-bond donors (Lipinski definition) is 0. The van der Waals surface area contributed by atoms with E-state index >= 15 is 0 Å². The van der Waals surface area contributed by atoms with Gasteiger partial charge in [-0.15, -0.1) is 0 Å². The molecule has 0 amide bonds. The minimum atomic E-state index is -1.11. The third-order valence-electron chi connectivity index (χ3n) is 3.79. The van der Waals surface area contributed by atoms with Crippen LogP contribution in [-0.4, -0.2) is 25.5 Å². The van der Waals surface area contributed by atoms with Crippen molar-refractivity contribution < 1.29 is 28.5 Å². The summed E-state index contributed by atoms with van der Waals surface area (Å²) in [6.45, 7) is 8.36. The number of allylic oxidation sites excluding steroid dienone is 1. The van der Waals surface area contributed by atoms with Crippen LogP contribution < -0.4 is 24.4 Å². The van der Waals surface area contributed by atoms with Gasteiger partial charge in [0.05, 0.1) is 11.1 Å². The molecule has 0 aliphatic carbocycles. The van der Waals surface area contributed by atoms with Crippen LogP contribution in [0.4, 0.5) is 0 Å². The van der Waals surface area contributed by atoms with Crippen molar-refractivity contribution in [1.29, 1.82) is 0 Å². The average molecular weight is 372 g/mol. The Morgan fingerprint density at radius 1 is 1.22 bits per heavy atom. The van der Waals surface area contributed by atoms with Crippen LogP contribution in [0, 0.1) is 0 Å². The van der Waals surface area contributed by atoms with Gasteiger partial charge in [0.25, 0.3) is 5.79 Å². The zero-order chi connectivity index (χ0) is 19.8. The highest BCUT2D eigenvalue weighted by molar-refractivity contribution is 5.95. The Bertz CT molecular complexity index is 996. The number of fused-ring (bicyclic) bond motifs is 2. The molecule has 0 fully saturated rings. The lowest BCUT2D eigenvalue weighted by Crippen LogP contribution is -2.39. The van der Waals surface area contributed by atoms with Gasteiger partial charge in [0.1, 0.15) is 6.61 Å². The van der Waals surface area contributed by atoms with Gasteiger partial charge in [-0.2, -0.15) is 0 Å². The molecular formula is C20H20O7. The van der Waals surface area contributed by atoms with Crippen LogP contribution in [0.2, 0.25) is 0 Å². The summed E-state index contributed by atoms with van der Waals surface area (Å²) in [5, 5.41) is 0.660. The van der Waals surface area contributed by atoms with Gasteiger partial charge in [0.15, 0.2) is 17.2 Å². The molecule has 1 aliphatic heterocycles. The average Bonchev–Trinajstić information content (AvgIpc) is 2.81. The fourth-order valence-corrected chi connectivity index (χ4v) is 2.91. The molecular weight excluding hydrogens is 352 g/mol. The standard InChI is InChI=1S/C20H20O7/c1-11(2)24-14-8-6-7-13-9-15-18(27-20(4,26-15)10-23-5)19(25-12(3)21)16(13)17(14)22/h6-9H,1,10H2,2-5H3. The molecule has 1 heterocycles. The number of carbonyl (C=O) groups excluding carboxylic acids is 1. The van der Waals surface area contributed by atoms with E-state index in [9.17, 15) is 9.59 Å². The minimum Gasteiger partial charge on any atom is -0.459 e. The van der Waals surface area contributed by atoms with Crippen molar-refractivity contribution in [2.45, 2.75) is 26.6 Å². The summed E-state index contributed by atoms with van der Waals surface area (Å²) in [6.07, 6.45) is 0. The van der Waals surface area contributed by atoms with Gasteiger partial charge in [-0.25, -0.2) is 0 Å². The van der Waals surface area contributed by atoms with Crippen LogP contribution >= 0.6 is 0 Å². The molecule has 1 aliphatic rings. The normalized spacial score (nSPS) is 17.6. The van der Waals surface area contributed by atoms with Crippen molar-refractivity contribution in [2.75, 3.05) is 13.7 Å². The molecule has 3 rings (SSSR count). The smallest absolute Gasteiger partial charge is 0.308 e. The van der Waals surface area contributed by atoms with Gasteiger partial charge in [-0.05, 0) is 24.4 Å². The lowest BCUT2D eigenvalue weighted by atomic mass is 10.1. The van der Waals surface area contributed by atoms with Crippen molar-refractivity contribution >= 4 is 16.7 Å². The molecule has 1 atom stereocenters. The second-order valence-corrected chi connectivity index (χ2v) is 6.39. The summed E-state index contributed by atoms with van der Waals surface area (Å²) >= 11 is 0. The summed E-state index contributed by atoms with van der Waals surface area (Å²) in [7, 11) is 1.52. The molecule has 0 saturated carbocycles. The van der Waals surface area contributed by atoms with Crippen molar-refractivity contribution in [3.8, 4) is 23.0 Å². The first-order chi connectivity index (χ1) is 12.7. The van der Waals surface area contributed by atoms with Crippen LogP contribution in [-0.2, 0) is 9.53 Å². The van der Waals surface area contributed by atoms with Gasteiger partial charge >= 0.3 is 5.97 Å². The molecule has 0 N–H and O–H groups in total. The second kappa shape index (κ2) is 6.92. The Morgan fingerprint density at radius 2 is 1.96 bits per heavy atom. The number of hydrogen-bond acceptors (Lipinski definition) is 7. The molecule has 0 saturated heterocycles. The molecule has 0 spiro atoms. The van der Waals surface area contributed by atoms with Crippen molar-refractivity contribution in [3.63, 3.8) is 0 Å². The first-order valence-corrected chi connectivity index (χ1v) is 8.27. The monoisotopic (exact) mass is 372 g/mol. The molecule has 1 unspecified atom stereocenters. The molecule has 142 valence electrons. The van der Waals surface area contributed by atoms with E-state index in [0.29, 0.717) is 16.9 Å². The second-order valence-electron chi connectivity index (χ2n) is 6.39. The third kappa shape index (κ3) is 3.59. The Morgan fingerprint density at radius 3 is 2.59 bits per heavy atom. The molecule has 7 heteroatoms. The predicted molar refractivity (Wildman–Crippen MR) is 98.5 cm³/mol. The highest BCUT2D eigenvalue weighted by atomic mass is 16.8. The molecule has 2 aromatic rings. The molecule has 2 aromatic carbocycles. The van der Waals surface area contributed by atoms with Gasteiger partial charge in [-0.1, -0.05) is 18.7 Å². The van der Waals surface area contributed by atoms with Crippen LogP contribution in [0.5, 0.6) is 23.0 Å². The van der Waals surface area contributed by atoms with E-state index in [1.807, 2.05) is 0 Å². The molecule has 27 heavy (non-hydrogen) atoms. The lowest BCUT2D eigenvalue weighted by Gasteiger charge is -2.21. The Labute approximate surface area is 156 Å². The molecule has 0 aromatic heterocycles. The number of rotatable bonds is 5. The number of benzene rings is 1. The first kappa shape index (κ1) is 18.7. The number of esters is 1. The SMILES string of the molecule is C=C(C)Oc1cccc2cc3c(c(OC(C)=O)c2c1=O)OC(C)(COC)O3. The topological polar surface area (TPSA) is 80.3 Å². The van der Waals surface area contributed by atoms with E-state index in [1.54, 1.807) is 32.0 Å². The van der Waals surface area contributed by atoms with Crippen LogP contribution in [0.1, 0.15) is 20.8 Å². The minimum absolute atomic E-state index is 0.0115. The third-order valence-corrected chi connectivity index (χ3v) is 3.79. The van der Waals surface area contributed by atoms with E-state index in [0.717, 1.165) is 0 Å². The first-order valence-electron chi connectivity index (χ1n) is 8.27. The fraction of sp³-hybridized carbons (Fsp3) is 0.300. The predicted octanol–water partition coefficient (Wildman–Crippen LogP) is 3.17.